The van der Waals surface area contributed by atoms with Gasteiger partial charge in [-0.25, -0.2) is 4.39 Å². The van der Waals surface area contributed by atoms with E-state index < -0.39 is 17.6 Å². The highest BCUT2D eigenvalue weighted by Gasteiger charge is 2.34. The van der Waals surface area contributed by atoms with Crippen molar-refractivity contribution in [3.8, 4) is 0 Å². The van der Waals surface area contributed by atoms with Gasteiger partial charge in [0.25, 0.3) is 0 Å². The lowest BCUT2D eigenvalue weighted by molar-refractivity contribution is -0.140. The Morgan fingerprint density at radius 1 is 1.06 bits per heavy atom. The van der Waals surface area contributed by atoms with E-state index in [4.69, 9.17) is 0 Å². The van der Waals surface area contributed by atoms with Gasteiger partial charge in [-0.05, 0) is 73.4 Å². The molecule has 1 fully saturated rings. The molecule has 0 bridgehead atoms. The number of fused-ring (bicyclic) bond motifs is 1. The van der Waals surface area contributed by atoms with Crippen LogP contribution in [-0.2, 0) is 11.0 Å². The molecule has 4 rings (SSSR count). The number of alkyl halides is 3. The second-order valence-electron chi connectivity index (χ2n) is 8.50. The highest BCUT2D eigenvalue weighted by molar-refractivity contribution is 5.92. The van der Waals surface area contributed by atoms with E-state index in [1.807, 2.05) is 31.3 Å². The van der Waals surface area contributed by atoms with Gasteiger partial charge in [0.15, 0.2) is 0 Å². The predicted molar refractivity (Wildman–Crippen MR) is 116 cm³/mol. The Morgan fingerprint density at radius 2 is 1.78 bits per heavy atom. The number of benzene rings is 2. The van der Waals surface area contributed by atoms with Crippen molar-refractivity contribution in [2.24, 2.45) is 11.8 Å². The number of carbonyl (C=O) groups excluding carboxylic acids is 1. The number of pyridine rings is 1. The van der Waals surface area contributed by atoms with Crippen LogP contribution >= 0.6 is 0 Å². The van der Waals surface area contributed by atoms with Crippen molar-refractivity contribution in [2.75, 3.05) is 5.32 Å². The first-order valence-corrected chi connectivity index (χ1v) is 10.8. The van der Waals surface area contributed by atoms with E-state index >= 15 is 0 Å². The lowest BCUT2D eigenvalue weighted by Crippen LogP contribution is -2.29. The van der Waals surface area contributed by atoms with Crippen LogP contribution in [0.15, 0.2) is 54.7 Å². The zero-order valence-corrected chi connectivity index (χ0v) is 17.6. The van der Waals surface area contributed by atoms with Crippen molar-refractivity contribution >= 4 is 22.5 Å². The summed E-state index contributed by atoms with van der Waals surface area (Å²) >= 11 is 0. The van der Waals surface area contributed by atoms with Crippen molar-refractivity contribution < 1.29 is 22.4 Å². The number of para-hydroxylation sites is 1. The summed E-state index contributed by atoms with van der Waals surface area (Å²) in [5, 5.41) is 3.73. The second-order valence-corrected chi connectivity index (χ2v) is 8.50. The number of hydrogen-bond donors (Lipinski definition) is 1. The number of hydrogen-bond acceptors (Lipinski definition) is 2. The van der Waals surface area contributed by atoms with Crippen molar-refractivity contribution in [1.29, 1.82) is 0 Å². The van der Waals surface area contributed by atoms with Gasteiger partial charge in [-0.15, -0.1) is 0 Å². The third kappa shape index (κ3) is 4.61. The molecule has 2 aromatic carbocycles. The summed E-state index contributed by atoms with van der Waals surface area (Å²) in [5.74, 6) is -1.46. The minimum absolute atomic E-state index is 0.0318. The average molecular weight is 444 g/mol. The summed E-state index contributed by atoms with van der Waals surface area (Å²) in [4.78, 5) is 17.1. The van der Waals surface area contributed by atoms with E-state index in [9.17, 15) is 22.4 Å². The van der Waals surface area contributed by atoms with E-state index in [1.165, 1.54) is 5.56 Å². The minimum Gasteiger partial charge on any atom is -0.326 e. The maximum Gasteiger partial charge on any atom is 0.419 e. The minimum atomic E-state index is -4.77. The highest BCUT2D eigenvalue weighted by atomic mass is 19.4. The number of rotatable bonds is 4. The number of nitrogens with one attached hydrogen (secondary N) is 1. The van der Waals surface area contributed by atoms with Crippen molar-refractivity contribution in [1.82, 2.24) is 4.98 Å². The van der Waals surface area contributed by atoms with Gasteiger partial charge in [0, 0.05) is 23.2 Å². The van der Waals surface area contributed by atoms with Crippen LogP contribution in [0, 0.1) is 17.7 Å². The van der Waals surface area contributed by atoms with E-state index in [2.05, 4.69) is 22.4 Å². The average Bonchev–Trinajstić information content (AvgIpc) is 2.77. The van der Waals surface area contributed by atoms with Crippen LogP contribution < -0.4 is 5.32 Å². The lowest BCUT2D eigenvalue weighted by atomic mass is 9.73. The van der Waals surface area contributed by atoms with Gasteiger partial charge in [-0.1, -0.05) is 25.1 Å². The maximum absolute atomic E-state index is 13.8. The highest BCUT2D eigenvalue weighted by Crippen LogP contribution is 2.41. The van der Waals surface area contributed by atoms with Crippen LogP contribution in [-0.4, -0.2) is 10.9 Å². The molecule has 3 nitrogen and oxygen atoms in total. The van der Waals surface area contributed by atoms with Gasteiger partial charge in [0.1, 0.15) is 5.82 Å². The standard InChI is InChI=1S/C25H24F4N2O/c1-15(24(32)31-18-10-11-21(22(26)14-18)25(27,28)29)16-6-8-17(9-7-16)19-12-13-30-23-5-3-2-4-20(19)23/h2-5,10-17H,6-9H2,1H3,(H,31,32). The fourth-order valence-electron chi connectivity index (χ4n) is 4.70. The number of amides is 1. The molecular weight excluding hydrogens is 420 g/mol. The second kappa shape index (κ2) is 8.88. The molecular formula is C25H24F4N2O. The lowest BCUT2D eigenvalue weighted by Gasteiger charge is -2.32. The molecule has 1 heterocycles. The SMILES string of the molecule is CC(C(=O)Nc1ccc(C(F)(F)F)c(F)c1)C1CCC(c2ccnc3ccccc23)CC1. The van der Waals surface area contributed by atoms with Crippen LogP contribution in [0.5, 0.6) is 0 Å². The first kappa shape index (κ1) is 22.2. The summed E-state index contributed by atoms with van der Waals surface area (Å²) < 4.78 is 52.0. The first-order valence-electron chi connectivity index (χ1n) is 10.8. The molecule has 1 unspecified atom stereocenters. The zero-order chi connectivity index (χ0) is 22.9. The summed E-state index contributed by atoms with van der Waals surface area (Å²) in [6.45, 7) is 1.82. The van der Waals surface area contributed by atoms with Crippen LogP contribution in [0.3, 0.4) is 0 Å². The summed E-state index contributed by atoms with van der Waals surface area (Å²) in [5.41, 5.74) is 0.949. The molecule has 7 heteroatoms. The predicted octanol–water partition coefficient (Wildman–Crippen LogP) is 6.94. The number of halogens is 4. The van der Waals surface area contributed by atoms with Crippen molar-refractivity contribution in [3.63, 3.8) is 0 Å². The molecule has 1 atom stereocenters. The molecule has 0 aliphatic heterocycles. The topological polar surface area (TPSA) is 42.0 Å². The number of anilines is 1. The Balaban J connectivity index is 1.38. The number of aromatic nitrogens is 1. The van der Waals surface area contributed by atoms with Gasteiger partial charge in [0.2, 0.25) is 5.91 Å². The van der Waals surface area contributed by atoms with E-state index in [0.717, 1.165) is 48.7 Å². The van der Waals surface area contributed by atoms with Gasteiger partial charge < -0.3 is 5.32 Å². The molecule has 1 N–H and O–H groups in total. The first-order chi connectivity index (χ1) is 15.2. The van der Waals surface area contributed by atoms with E-state index in [0.29, 0.717) is 12.0 Å². The van der Waals surface area contributed by atoms with Crippen LogP contribution in [0.2, 0.25) is 0 Å². The van der Waals surface area contributed by atoms with Gasteiger partial charge in [-0.2, -0.15) is 13.2 Å². The summed E-state index contributed by atoms with van der Waals surface area (Å²) in [7, 11) is 0. The Morgan fingerprint density at radius 3 is 2.47 bits per heavy atom. The molecule has 1 aliphatic carbocycles. The molecule has 32 heavy (non-hydrogen) atoms. The van der Waals surface area contributed by atoms with Crippen molar-refractivity contribution in [2.45, 2.75) is 44.7 Å². The fraction of sp³-hybridized carbons (Fsp3) is 0.360. The normalized spacial score (nSPS) is 20.2. The van der Waals surface area contributed by atoms with Crippen LogP contribution in [0.1, 0.15) is 49.7 Å². The Hall–Kier alpha value is -2.96. The van der Waals surface area contributed by atoms with E-state index in [-0.39, 0.29) is 23.4 Å². The molecule has 1 saturated carbocycles. The van der Waals surface area contributed by atoms with Crippen LogP contribution in [0.25, 0.3) is 10.9 Å². The zero-order valence-electron chi connectivity index (χ0n) is 17.6. The molecule has 1 amide bonds. The third-order valence-electron chi connectivity index (χ3n) is 6.56. The Kier molecular flexibility index (Phi) is 6.17. The van der Waals surface area contributed by atoms with E-state index in [1.54, 1.807) is 0 Å². The molecule has 168 valence electrons. The third-order valence-corrected chi connectivity index (χ3v) is 6.56. The maximum atomic E-state index is 13.8. The Labute approximate surface area is 183 Å². The quantitative estimate of drug-likeness (QED) is 0.443. The van der Waals surface area contributed by atoms with Crippen LogP contribution in [0.4, 0.5) is 23.2 Å². The molecule has 3 aromatic rings. The van der Waals surface area contributed by atoms with Crippen molar-refractivity contribution in [3.05, 3.63) is 71.7 Å². The Bertz CT molecular complexity index is 1120. The molecule has 0 radical (unpaired) electrons. The molecule has 1 aromatic heterocycles. The van der Waals surface area contributed by atoms with Gasteiger partial charge >= 0.3 is 6.18 Å². The smallest absolute Gasteiger partial charge is 0.326 e. The fourth-order valence-corrected chi connectivity index (χ4v) is 4.70. The monoisotopic (exact) mass is 444 g/mol. The largest absolute Gasteiger partial charge is 0.419 e. The summed E-state index contributed by atoms with van der Waals surface area (Å²) in [6, 6.07) is 12.6. The molecule has 0 saturated heterocycles. The molecule has 0 spiro atoms. The van der Waals surface area contributed by atoms with Gasteiger partial charge in [0.05, 0.1) is 11.1 Å². The number of nitrogens with zero attached hydrogens (tertiary/aromatic N) is 1. The molecule has 1 aliphatic rings. The van der Waals surface area contributed by atoms with Gasteiger partial charge in [-0.3, -0.25) is 9.78 Å². The summed E-state index contributed by atoms with van der Waals surface area (Å²) in [6.07, 6.45) is 0.715. The number of carbonyl (C=O) groups is 1.